The maximum atomic E-state index is 13.6. The molecule has 0 bridgehead atoms. The van der Waals surface area contributed by atoms with Crippen LogP contribution in [0.1, 0.15) is 64.7 Å². The maximum Gasteiger partial charge on any atom is 0.430 e. The molecule has 2 aliphatic rings. The second-order valence-corrected chi connectivity index (χ2v) is 12.8. The number of aliphatic hydroxyl groups is 1. The first-order valence-corrected chi connectivity index (χ1v) is 15.6. The highest BCUT2D eigenvalue weighted by Crippen LogP contribution is 2.50. The molecular weight excluding hydrogens is 646 g/mol. The molecule has 0 radical (unpaired) electrons. The lowest BCUT2D eigenvalue weighted by atomic mass is 9.89. The minimum atomic E-state index is -6.01. The predicted octanol–water partition coefficient (Wildman–Crippen LogP) is 5.63. The maximum absolute atomic E-state index is 13.6. The zero-order valence-electron chi connectivity index (χ0n) is 27.5. The van der Waals surface area contributed by atoms with E-state index in [0.717, 1.165) is 17.0 Å². The van der Waals surface area contributed by atoms with Gasteiger partial charge in [-0.3, -0.25) is 14.5 Å². The number of hydrogen-bond donors (Lipinski definition) is 2. The van der Waals surface area contributed by atoms with E-state index in [1.165, 1.54) is 4.90 Å². The van der Waals surface area contributed by atoms with E-state index in [0.29, 0.717) is 29.5 Å². The highest BCUT2D eigenvalue weighted by Gasteiger charge is 2.71. The Bertz CT molecular complexity index is 1520. The third-order valence-electron chi connectivity index (χ3n) is 8.82. The van der Waals surface area contributed by atoms with Gasteiger partial charge in [0.15, 0.2) is 0 Å². The van der Waals surface area contributed by atoms with Gasteiger partial charge >= 0.3 is 18.4 Å². The number of imide groups is 1. The van der Waals surface area contributed by atoms with E-state index in [1.807, 2.05) is 13.8 Å². The number of carbonyl (C=O) groups excluding carboxylic acids is 3. The third kappa shape index (κ3) is 6.65. The SMILES string of the molecule is CCCc1cc(C(O)(C(F)(F)F)C(F)(F)F)ccc1N1C[C@@H](C)N(C(=O)CN2C(=O)N[C@@](C)(c3ccc(OC(C)C)cc3)C2=O)CC1C. The molecule has 0 aromatic heterocycles. The van der Waals surface area contributed by atoms with Crippen LogP contribution < -0.4 is 15.0 Å². The molecule has 2 saturated heterocycles. The molecule has 2 fully saturated rings. The Morgan fingerprint density at radius 3 is 2.15 bits per heavy atom. The summed E-state index contributed by atoms with van der Waals surface area (Å²) in [6.45, 7) is 10.2. The van der Waals surface area contributed by atoms with E-state index in [4.69, 9.17) is 4.74 Å². The summed E-state index contributed by atoms with van der Waals surface area (Å²) in [5, 5.41) is 12.6. The van der Waals surface area contributed by atoms with Crippen LogP contribution in [0.4, 0.5) is 36.8 Å². The minimum Gasteiger partial charge on any atom is -0.491 e. The largest absolute Gasteiger partial charge is 0.491 e. The molecule has 4 rings (SSSR count). The zero-order chi connectivity index (χ0) is 36.0. The van der Waals surface area contributed by atoms with Gasteiger partial charge in [-0.25, -0.2) is 4.79 Å². The molecule has 2 aromatic carbocycles. The van der Waals surface area contributed by atoms with Gasteiger partial charge in [0.1, 0.15) is 17.8 Å². The highest BCUT2D eigenvalue weighted by molar-refractivity contribution is 6.09. The number of carbonyl (C=O) groups is 3. The van der Waals surface area contributed by atoms with E-state index in [2.05, 4.69) is 5.32 Å². The van der Waals surface area contributed by atoms with Crippen LogP contribution in [0.25, 0.3) is 0 Å². The van der Waals surface area contributed by atoms with Gasteiger partial charge in [0.05, 0.1) is 6.10 Å². The summed E-state index contributed by atoms with van der Waals surface area (Å²) in [4.78, 5) is 44.1. The van der Waals surface area contributed by atoms with Crippen molar-refractivity contribution in [2.75, 3.05) is 24.5 Å². The monoisotopic (exact) mass is 686 g/mol. The van der Waals surface area contributed by atoms with Gasteiger partial charge in [0.25, 0.3) is 11.5 Å². The van der Waals surface area contributed by atoms with Gasteiger partial charge in [-0.05, 0) is 70.4 Å². The Kier molecular flexibility index (Phi) is 10.1. The van der Waals surface area contributed by atoms with Crippen LogP contribution in [0.3, 0.4) is 0 Å². The molecule has 15 heteroatoms. The fraction of sp³-hybridized carbons (Fsp3) is 0.545. The quantitative estimate of drug-likeness (QED) is 0.262. The van der Waals surface area contributed by atoms with E-state index >= 15 is 0 Å². The topological polar surface area (TPSA) is 102 Å². The summed E-state index contributed by atoms with van der Waals surface area (Å²) in [6.07, 6.45) is -11.6. The van der Waals surface area contributed by atoms with E-state index in [1.54, 1.807) is 56.9 Å². The second kappa shape index (κ2) is 13.1. The average molecular weight is 687 g/mol. The highest BCUT2D eigenvalue weighted by atomic mass is 19.4. The molecular formula is C33H40F6N4O5. The average Bonchev–Trinajstić information content (AvgIpc) is 3.20. The van der Waals surface area contributed by atoms with Gasteiger partial charge < -0.3 is 25.0 Å². The number of nitrogens with zero attached hydrogens (tertiary/aromatic N) is 3. The number of anilines is 1. The van der Waals surface area contributed by atoms with E-state index in [-0.39, 0.29) is 31.2 Å². The number of aryl methyl sites for hydroxylation is 1. The summed E-state index contributed by atoms with van der Waals surface area (Å²) >= 11 is 0. The number of hydrogen-bond acceptors (Lipinski definition) is 6. The molecule has 4 amide bonds. The third-order valence-corrected chi connectivity index (χ3v) is 8.82. The van der Waals surface area contributed by atoms with Crippen LogP contribution in [0.5, 0.6) is 5.75 Å². The first-order chi connectivity index (χ1) is 22.1. The predicted molar refractivity (Wildman–Crippen MR) is 164 cm³/mol. The molecule has 9 nitrogen and oxygen atoms in total. The van der Waals surface area contributed by atoms with Crippen molar-refractivity contribution < 1.29 is 50.6 Å². The van der Waals surface area contributed by atoms with Crippen LogP contribution >= 0.6 is 0 Å². The van der Waals surface area contributed by atoms with Crippen molar-refractivity contribution in [3.8, 4) is 5.75 Å². The molecule has 0 spiro atoms. The van der Waals surface area contributed by atoms with E-state index in [9.17, 15) is 45.8 Å². The lowest BCUT2D eigenvalue weighted by Gasteiger charge is -2.46. The molecule has 2 aromatic rings. The van der Waals surface area contributed by atoms with Gasteiger partial charge in [0.2, 0.25) is 5.91 Å². The Morgan fingerprint density at radius 2 is 1.60 bits per heavy atom. The summed E-state index contributed by atoms with van der Waals surface area (Å²) < 4.78 is 87.2. The van der Waals surface area contributed by atoms with Crippen molar-refractivity contribution in [2.45, 2.75) is 96.1 Å². The summed E-state index contributed by atoms with van der Waals surface area (Å²) in [5.41, 5.74) is -6.73. The molecule has 1 unspecified atom stereocenters. The van der Waals surface area contributed by atoms with Gasteiger partial charge in [-0.15, -0.1) is 0 Å². The number of amides is 4. The van der Waals surface area contributed by atoms with Crippen molar-refractivity contribution in [1.29, 1.82) is 0 Å². The van der Waals surface area contributed by atoms with Crippen LogP contribution in [0.15, 0.2) is 42.5 Å². The normalized spacial score (nSPS) is 22.4. The molecule has 0 saturated carbocycles. The number of alkyl halides is 6. The van der Waals surface area contributed by atoms with Crippen molar-refractivity contribution >= 4 is 23.5 Å². The smallest absolute Gasteiger partial charge is 0.430 e. The second-order valence-electron chi connectivity index (χ2n) is 12.8. The molecule has 264 valence electrons. The molecule has 0 aliphatic carbocycles. The lowest BCUT2D eigenvalue weighted by Crippen LogP contribution is -2.60. The molecule has 2 heterocycles. The Morgan fingerprint density at radius 1 is 1.00 bits per heavy atom. The van der Waals surface area contributed by atoms with Gasteiger partial charge in [-0.2, -0.15) is 26.3 Å². The lowest BCUT2D eigenvalue weighted by molar-refractivity contribution is -0.376. The number of benzene rings is 2. The van der Waals surface area contributed by atoms with Crippen LogP contribution in [-0.4, -0.2) is 82.9 Å². The van der Waals surface area contributed by atoms with Crippen LogP contribution in [0, 0.1) is 0 Å². The number of ether oxygens (including phenoxy) is 1. The number of nitrogens with one attached hydrogen (secondary N) is 1. The molecule has 2 aliphatic heterocycles. The van der Waals surface area contributed by atoms with Crippen LogP contribution in [0.2, 0.25) is 0 Å². The zero-order valence-corrected chi connectivity index (χ0v) is 27.5. The number of piperazine rings is 1. The molecule has 3 atom stereocenters. The van der Waals surface area contributed by atoms with Crippen molar-refractivity contribution in [3.63, 3.8) is 0 Å². The van der Waals surface area contributed by atoms with Crippen LogP contribution in [-0.2, 0) is 27.1 Å². The number of urea groups is 1. The van der Waals surface area contributed by atoms with Gasteiger partial charge in [-0.1, -0.05) is 37.6 Å². The summed E-state index contributed by atoms with van der Waals surface area (Å²) in [5.74, 6) is -0.531. The fourth-order valence-corrected chi connectivity index (χ4v) is 6.26. The standard InChI is InChI=1S/C33H40F6N4O5/c1-7-8-22-15-24(31(47,32(34,35)36)33(37,38)39)11-14-26(22)41-16-21(5)42(17-20(41)4)27(44)18-43-28(45)30(6,40-29(43)46)23-9-12-25(13-10-23)48-19(2)3/h9-15,19-21,47H,7-8,16-18H2,1-6H3,(H,40,46)/t20?,21-,30+/m1/s1. The van der Waals surface area contributed by atoms with Crippen molar-refractivity contribution in [1.82, 2.24) is 15.1 Å². The Balaban J connectivity index is 1.52. The first-order valence-electron chi connectivity index (χ1n) is 15.6. The Hall–Kier alpha value is -4.01. The molecule has 48 heavy (non-hydrogen) atoms. The Labute approximate surface area is 274 Å². The first kappa shape index (κ1) is 36.8. The number of rotatable bonds is 9. The van der Waals surface area contributed by atoms with Gasteiger partial charge in [0, 0.05) is 36.4 Å². The minimum absolute atomic E-state index is 0.0604. The van der Waals surface area contributed by atoms with Crippen molar-refractivity contribution in [2.24, 2.45) is 0 Å². The summed E-state index contributed by atoms with van der Waals surface area (Å²) in [7, 11) is 0. The van der Waals surface area contributed by atoms with E-state index < -0.39 is 65.5 Å². The molecule has 2 N–H and O–H groups in total. The number of halogens is 6. The van der Waals surface area contributed by atoms with Crippen molar-refractivity contribution in [3.05, 3.63) is 59.2 Å². The fourth-order valence-electron chi connectivity index (χ4n) is 6.26. The summed E-state index contributed by atoms with van der Waals surface area (Å²) in [6, 6.07) is 7.51.